The largest absolute Gasteiger partial charge is 0.400 e. The van der Waals surface area contributed by atoms with Crippen molar-refractivity contribution in [1.82, 2.24) is 0 Å². The number of rotatable bonds is 3. The van der Waals surface area contributed by atoms with Crippen molar-refractivity contribution in [2.24, 2.45) is 0 Å². The van der Waals surface area contributed by atoms with E-state index < -0.39 is 0 Å². The second-order valence-electron chi connectivity index (χ2n) is 7.55. The van der Waals surface area contributed by atoms with Crippen LogP contribution >= 0.6 is 0 Å². The second-order valence-corrected chi connectivity index (χ2v) is 7.55. The Balaban J connectivity index is 0.00000141. The Hall–Kier alpha value is -3.64. The number of nitrogens with one attached hydrogen (secondary N) is 1. The molecule has 2 unspecified atom stereocenters. The van der Waals surface area contributed by atoms with Crippen LogP contribution < -0.4 is 15.1 Å². The summed E-state index contributed by atoms with van der Waals surface area (Å²) in [5, 5.41) is 9.99. The molecule has 166 valence electrons. The quantitative estimate of drug-likeness (QED) is 0.597. The van der Waals surface area contributed by atoms with Crippen LogP contribution in [-0.2, 0) is 4.79 Å². The predicted molar refractivity (Wildman–Crippen MR) is 129 cm³/mol. The maximum absolute atomic E-state index is 13.2. The molecular weight excluding hydrogens is 402 g/mol. The van der Waals surface area contributed by atoms with Crippen LogP contribution in [-0.4, -0.2) is 30.2 Å². The molecule has 0 radical (unpaired) electrons. The number of carbonyl (C=O) groups is 2. The molecule has 3 amide bonds. The zero-order valence-corrected chi connectivity index (χ0v) is 18.6. The van der Waals surface area contributed by atoms with Crippen molar-refractivity contribution in [2.75, 3.05) is 22.2 Å². The Labute approximate surface area is 189 Å². The first kappa shape index (κ1) is 23.0. The Bertz CT molecular complexity index is 1040. The maximum Gasteiger partial charge on any atom is 0.326 e. The number of hydrogen-bond donors (Lipinski definition) is 2. The molecule has 1 heterocycles. The van der Waals surface area contributed by atoms with E-state index in [0.717, 1.165) is 29.7 Å². The van der Waals surface area contributed by atoms with E-state index in [1.54, 1.807) is 11.8 Å². The second kappa shape index (κ2) is 10.6. The smallest absolute Gasteiger partial charge is 0.326 e. The number of urea groups is 1. The van der Waals surface area contributed by atoms with Gasteiger partial charge in [0.2, 0.25) is 5.91 Å². The molecule has 2 atom stereocenters. The number of fused-ring (bicyclic) bond motifs is 1. The van der Waals surface area contributed by atoms with E-state index in [9.17, 15) is 9.59 Å². The fraction of sp³-hybridized carbons (Fsp3) is 0.231. The summed E-state index contributed by atoms with van der Waals surface area (Å²) in [5.41, 5.74) is 3.41. The van der Waals surface area contributed by atoms with Crippen molar-refractivity contribution >= 4 is 29.0 Å². The fourth-order valence-corrected chi connectivity index (χ4v) is 4.21. The summed E-state index contributed by atoms with van der Waals surface area (Å²) in [4.78, 5) is 29.4. The van der Waals surface area contributed by atoms with Crippen LogP contribution in [0.1, 0.15) is 31.9 Å². The third kappa shape index (κ3) is 4.81. The van der Waals surface area contributed by atoms with Crippen LogP contribution in [0.15, 0.2) is 84.9 Å². The minimum Gasteiger partial charge on any atom is -0.400 e. The van der Waals surface area contributed by atoms with E-state index in [1.165, 1.54) is 0 Å². The van der Waals surface area contributed by atoms with Gasteiger partial charge in [-0.05, 0) is 49.2 Å². The third-order valence-corrected chi connectivity index (χ3v) is 5.49. The molecule has 0 aromatic heterocycles. The number of amides is 3. The van der Waals surface area contributed by atoms with Crippen molar-refractivity contribution < 1.29 is 14.7 Å². The SMILES string of the molecule is CC(=O)N(c1ccccc1)C1CC(C)N(C(=O)Nc2ccccc2)c2ccccc21.CO. The van der Waals surface area contributed by atoms with E-state index in [1.807, 2.05) is 96.8 Å². The van der Waals surface area contributed by atoms with Gasteiger partial charge in [0.1, 0.15) is 0 Å². The molecule has 0 saturated heterocycles. The predicted octanol–water partition coefficient (Wildman–Crippen LogP) is 5.22. The van der Waals surface area contributed by atoms with E-state index in [0.29, 0.717) is 6.42 Å². The molecule has 0 spiro atoms. The molecule has 1 aliphatic rings. The minimum atomic E-state index is -0.173. The van der Waals surface area contributed by atoms with Gasteiger partial charge < -0.3 is 15.3 Å². The van der Waals surface area contributed by atoms with Crippen molar-refractivity contribution in [2.45, 2.75) is 32.4 Å². The van der Waals surface area contributed by atoms with Gasteiger partial charge in [0, 0.05) is 31.5 Å². The molecule has 2 N–H and O–H groups in total. The van der Waals surface area contributed by atoms with Crippen LogP contribution in [0.2, 0.25) is 0 Å². The summed E-state index contributed by atoms with van der Waals surface area (Å²) in [6.45, 7) is 3.62. The molecule has 3 aromatic carbocycles. The molecule has 6 nitrogen and oxygen atoms in total. The lowest BCUT2D eigenvalue weighted by Gasteiger charge is -2.43. The number of aliphatic hydroxyl groups excluding tert-OH is 1. The van der Waals surface area contributed by atoms with Crippen LogP contribution in [0.5, 0.6) is 0 Å². The topological polar surface area (TPSA) is 72.9 Å². The zero-order valence-electron chi connectivity index (χ0n) is 18.6. The zero-order chi connectivity index (χ0) is 23.1. The highest BCUT2D eigenvalue weighted by molar-refractivity contribution is 6.03. The average Bonchev–Trinajstić information content (AvgIpc) is 2.81. The van der Waals surface area contributed by atoms with Gasteiger partial charge >= 0.3 is 6.03 Å². The fourth-order valence-electron chi connectivity index (χ4n) is 4.21. The Kier molecular flexibility index (Phi) is 7.63. The van der Waals surface area contributed by atoms with Crippen LogP contribution in [0.3, 0.4) is 0 Å². The first-order valence-corrected chi connectivity index (χ1v) is 10.6. The number of para-hydroxylation sites is 3. The summed E-state index contributed by atoms with van der Waals surface area (Å²) >= 11 is 0. The minimum absolute atomic E-state index is 0.0182. The normalized spacial score (nSPS) is 16.8. The first-order chi connectivity index (χ1) is 15.6. The highest BCUT2D eigenvalue weighted by atomic mass is 16.2. The summed E-state index contributed by atoms with van der Waals surface area (Å²) in [5.74, 6) is -0.0182. The monoisotopic (exact) mass is 431 g/mol. The average molecular weight is 432 g/mol. The van der Waals surface area contributed by atoms with E-state index in [2.05, 4.69) is 5.32 Å². The lowest BCUT2D eigenvalue weighted by molar-refractivity contribution is -0.117. The van der Waals surface area contributed by atoms with Crippen LogP contribution in [0, 0.1) is 0 Å². The Morgan fingerprint density at radius 2 is 1.47 bits per heavy atom. The molecule has 0 aliphatic carbocycles. The number of carbonyl (C=O) groups excluding carboxylic acids is 2. The molecule has 4 rings (SSSR count). The van der Waals surface area contributed by atoms with Gasteiger partial charge in [-0.1, -0.05) is 54.6 Å². The molecule has 32 heavy (non-hydrogen) atoms. The number of aliphatic hydroxyl groups is 1. The van der Waals surface area contributed by atoms with Gasteiger partial charge in [0.25, 0.3) is 0 Å². The number of hydrogen-bond acceptors (Lipinski definition) is 3. The standard InChI is InChI=1S/C25H25N3O2.CH4O/c1-18-17-24(28(19(2)29)21-13-7-4-8-14-21)22-15-9-10-16-23(22)27(18)25(30)26-20-11-5-3-6-12-20;1-2/h3-16,18,24H,17H2,1-2H3,(H,26,30);2H,1H3. The van der Waals surface area contributed by atoms with Gasteiger partial charge in [-0.3, -0.25) is 9.69 Å². The van der Waals surface area contributed by atoms with Gasteiger partial charge in [-0.25, -0.2) is 4.79 Å². The lowest BCUT2D eigenvalue weighted by Crippen LogP contribution is -2.48. The maximum atomic E-state index is 13.2. The molecule has 0 saturated carbocycles. The summed E-state index contributed by atoms with van der Waals surface area (Å²) in [6, 6.07) is 26.6. The van der Waals surface area contributed by atoms with Gasteiger partial charge in [-0.2, -0.15) is 0 Å². The van der Waals surface area contributed by atoms with Crippen LogP contribution in [0.4, 0.5) is 21.9 Å². The van der Waals surface area contributed by atoms with Gasteiger partial charge in [-0.15, -0.1) is 0 Å². The number of anilines is 3. The van der Waals surface area contributed by atoms with E-state index in [-0.39, 0.29) is 24.0 Å². The summed E-state index contributed by atoms with van der Waals surface area (Å²) in [7, 11) is 1.00. The number of benzene rings is 3. The molecule has 1 aliphatic heterocycles. The van der Waals surface area contributed by atoms with Crippen molar-refractivity contribution in [3.63, 3.8) is 0 Å². The Morgan fingerprint density at radius 1 is 0.906 bits per heavy atom. The Morgan fingerprint density at radius 3 is 2.09 bits per heavy atom. The molecule has 0 fully saturated rings. The highest BCUT2D eigenvalue weighted by Crippen LogP contribution is 2.42. The first-order valence-electron chi connectivity index (χ1n) is 10.6. The van der Waals surface area contributed by atoms with Crippen molar-refractivity contribution in [3.8, 4) is 0 Å². The highest BCUT2D eigenvalue weighted by Gasteiger charge is 2.37. The van der Waals surface area contributed by atoms with Gasteiger partial charge in [0.05, 0.1) is 11.7 Å². The molecule has 6 heteroatoms. The molecular formula is C26H29N3O3. The van der Waals surface area contributed by atoms with E-state index in [4.69, 9.17) is 5.11 Å². The molecule has 0 bridgehead atoms. The van der Waals surface area contributed by atoms with Crippen LogP contribution in [0.25, 0.3) is 0 Å². The van der Waals surface area contributed by atoms with Gasteiger partial charge in [0.15, 0.2) is 0 Å². The summed E-state index contributed by atoms with van der Waals surface area (Å²) in [6.07, 6.45) is 0.647. The molecule has 3 aromatic rings. The van der Waals surface area contributed by atoms with E-state index >= 15 is 0 Å². The summed E-state index contributed by atoms with van der Waals surface area (Å²) < 4.78 is 0. The lowest BCUT2D eigenvalue weighted by atomic mass is 9.90. The van der Waals surface area contributed by atoms with Crippen molar-refractivity contribution in [3.05, 3.63) is 90.5 Å². The van der Waals surface area contributed by atoms with Crippen molar-refractivity contribution in [1.29, 1.82) is 0 Å². The third-order valence-electron chi connectivity index (χ3n) is 5.49. The number of nitrogens with zero attached hydrogens (tertiary/aromatic N) is 2.